The molecule has 1 saturated heterocycles. The van der Waals surface area contributed by atoms with Gasteiger partial charge in [-0.3, -0.25) is 4.79 Å². The maximum Gasteiger partial charge on any atom is 0.243 e. The quantitative estimate of drug-likeness (QED) is 0.815. The predicted molar refractivity (Wildman–Crippen MR) is 63.8 cm³/mol. The van der Waals surface area contributed by atoms with Gasteiger partial charge < -0.3 is 10.6 Å². The van der Waals surface area contributed by atoms with Crippen molar-refractivity contribution in [1.29, 1.82) is 0 Å². The number of amides is 1. The van der Waals surface area contributed by atoms with Crippen molar-refractivity contribution in [3.63, 3.8) is 0 Å². The minimum atomic E-state index is -0.0151. The number of anilines is 1. The van der Waals surface area contributed by atoms with Gasteiger partial charge in [0.25, 0.3) is 0 Å². The molecule has 4 nitrogen and oxygen atoms in total. The molecule has 1 aromatic heterocycles. The van der Waals surface area contributed by atoms with Crippen LogP contribution in [-0.4, -0.2) is 23.5 Å². The lowest BCUT2D eigenvalue weighted by molar-refractivity contribution is -0.117. The molecule has 0 saturated carbocycles. The number of nitrogens with zero attached hydrogens (tertiary/aromatic N) is 1. The summed E-state index contributed by atoms with van der Waals surface area (Å²) in [5.41, 5.74) is 1.19. The van der Waals surface area contributed by atoms with Crippen molar-refractivity contribution in [3.8, 4) is 0 Å². The Labute approximate surface area is 98.5 Å². The maximum absolute atomic E-state index is 11.8. The van der Waals surface area contributed by atoms with E-state index in [1.54, 1.807) is 11.3 Å². The second-order valence-electron chi connectivity index (χ2n) is 4.38. The molecule has 2 aliphatic rings. The molecule has 1 amide bonds. The van der Waals surface area contributed by atoms with E-state index in [1.165, 1.54) is 17.0 Å². The molecular weight excluding hydrogens is 222 g/mol. The van der Waals surface area contributed by atoms with Gasteiger partial charge in [0.1, 0.15) is 0 Å². The molecule has 16 heavy (non-hydrogen) atoms. The number of thiazole rings is 1. The van der Waals surface area contributed by atoms with Crippen molar-refractivity contribution in [2.45, 2.75) is 38.1 Å². The van der Waals surface area contributed by atoms with E-state index in [-0.39, 0.29) is 11.9 Å². The van der Waals surface area contributed by atoms with E-state index in [9.17, 15) is 4.79 Å². The molecule has 1 aliphatic carbocycles. The highest BCUT2D eigenvalue weighted by Gasteiger charge is 2.24. The van der Waals surface area contributed by atoms with Crippen LogP contribution in [-0.2, 0) is 17.6 Å². The van der Waals surface area contributed by atoms with Crippen LogP contribution in [0.5, 0.6) is 0 Å². The summed E-state index contributed by atoms with van der Waals surface area (Å²) in [5.74, 6) is 0.0740. The first kappa shape index (κ1) is 10.2. The fourth-order valence-corrected chi connectivity index (χ4v) is 3.40. The van der Waals surface area contributed by atoms with E-state index in [2.05, 4.69) is 15.6 Å². The minimum Gasteiger partial charge on any atom is -0.306 e. The van der Waals surface area contributed by atoms with Gasteiger partial charge in [-0.25, -0.2) is 4.98 Å². The molecule has 0 spiro atoms. The summed E-state index contributed by atoms with van der Waals surface area (Å²) in [6.07, 6.45) is 5.45. The Bertz CT molecular complexity index is 388. The summed E-state index contributed by atoms with van der Waals surface area (Å²) in [6.45, 7) is 0.951. The lowest BCUT2D eigenvalue weighted by Crippen LogP contribution is -2.35. The summed E-state index contributed by atoms with van der Waals surface area (Å²) in [5, 5.41) is 6.89. The average Bonchev–Trinajstić information content (AvgIpc) is 2.91. The third-order valence-electron chi connectivity index (χ3n) is 3.20. The van der Waals surface area contributed by atoms with E-state index in [0.29, 0.717) is 0 Å². The molecule has 3 rings (SSSR count). The number of aromatic nitrogens is 1. The van der Waals surface area contributed by atoms with Crippen molar-refractivity contribution in [1.82, 2.24) is 10.3 Å². The molecule has 86 valence electrons. The number of hydrogen-bond acceptors (Lipinski definition) is 4. The van der Waals surface area contributed by atoms with Gasteiger partial charge in [0.2, 0.25) is 5.91 Å². The van der Waals surface area contributed by atoms with Gasteiger partial charge in [-0.1, -0.05) is 0 Å². The SMILES string of the molecule is O=C(Nc1nc2c(s1)CCC2)C1CCCN1. The van der Waals surface area contributed by atoms with Crippen LogP contribution in [0.15, 0.2) is 0 Å². The van der Waals surface area contributed by atoms with Crippen LogP contribution in [0.3, 0.4) is 0 Å². The van der Waals surface area contributed by atoms with Crippen molar-refractivity contribution in [2.24, 2.45) is 0 Å². The second-order valence-corrected chi connectivity index (χ2v) is 5.46. The van der Waals surface area contributed by atoms with Gasteiger partial charge in [0, 0.05) is 4.88 Å². The largest absolute Gasteiger partial charge is 0.306 e. The molecule has 1 atom stereocenters. The summed E-state index contributed by atoms with van der Waals surface area (Å²) in [4.78, 5) is 17.7. The summed E-state index contributed by atoms with van der Waals surface area (Å²) >= 11 is 1.64. The van der Waals surface area contributed by atoms with Gasteiger partial charge in [-0.15, -0.1) is 11.3 Å². The molecule has 1 fully saturated rings. The zero-order valence-electron chi connectivity index (χ0n) is 9.08. The second kappa shape index (κ2) is 4.14. The fraction of sp³-hybridized carbons (Fsp3) is 0.636. The van der Waals surface area contributed by atoms with E-state index < -0.39 is 0 Å². The zero-order valence-corrected chi connectivity index (χ0v) is 9.90. The lowest BCUT2D eigenvalue weighted by atomic mass is 10.2. The first-order chi connectivity index (χ1) is 7.83. The number of carbonyl (C=O) groups is 1. The summed E-state index contributed by atoms with van der Waals surface area (Å²) in [6, 6.07) is -0.0151. The number of fused-ring (bicyclic) bond motifs is 1. The molecule has 1 aromatic rings. The highest BCUT2D eigenvalue weighted by molar-refractivity contribution is 7.15. The molecule has 0 bridgehead atoms. The van der Waals surface area contributed by atoms with Crippen molar-refractivity contribution in [3.05, 3.63) is 10.6 Å². The number of nitrogens with one attached hydrogen (secondary N) is 2. The number of hydrogen-bond donors (Lipinski definition) is 2. The van der Waals surface area contributed by atoms with E-state index >= 15 is 0 Å². The minimum absolute atomic E-state index is 0.0151. The van der Waals surface area contributed by atoms with E-state index in [4.69, 9.17) is 0 Å². The standard InChI is InChI=1S/C11H15N3OS/c15-10(8-4-2-6-12-8)14-11-13-7-3-1-5-9(7)16-11/h8,12H,1-6H2,(H,13,14,15). The first-order valence-corrected chi connectivity index (χ1v) is 6.67. The molecule has 1 unspecified atom stereocenters. The summed E-state index contributed by atoms with van der Waals surface area (Å²) in [7, 11) is 0. The van der Waals surface area contributed by atoms with Crippen molar-refractivity contribution in [2.75, 3.05) is 11.9 Å². The highest BCUT2D eigenvalue weighted by Crippen LogP contribution is 2.30. The fourth-order valence-electron chi connectivity index (χ4n) is 2.34. The van der Waals surface area contributed by atoms with E-state index in [1.807, 2.05) is 0 Å². The molecular formula is C11H15N3OS. The Morgan fingerprint density at radius 3 is 3.12 bits per heavy atom. The Morgan fingerprint density at radius 1 is 1.44 bits per heavy atom. The highest BCUT2D eigenvalue weighted by atomic mass is 32.1. The molecule has 2 N–H and O–H groups in total. The van der Waals surface area contributed by atoms with Crippen molar-refractivity contribution >= 4 is 22.4 Å². The van der Waals surface area contributed by atoms with Crippen LogP contribution < -0.4 is 10.6 Å². The van der Waals surface area contributed by atoms with Gasteiger partial charge in [0.05, 0.1) is 11.7 Å². The predicted octanol–water partition coefficient (Wildman–Crippen LogP) is 1.32. The normalized spacial score (nSPS) is 23.4. The van der Waals surface area contributed by atoms with Crippen LogP contribution in [0, 0.1) is 0 Å². The molecule has 2 heterocycles. The number of carbonyl (C=O) groups excluding carboxylic acids is 1. The van der Waals surface area contributed by atoms with E-state index in [0.717, 1.165) is 37.4 Å². The van der Waals surface area contributed by atoms with Crippen LogP contribution >= 0.6 is 11.3 Å². The van der Waals surface area contributed by atoms with Crippen LogP contribution in [0.2, 0.25) is 0 Å². The van der Waals surface area contributed by atoms with Gasteiger partial charge in [0.15, 0.2) is 5.13 Å². The zero-order chi connectivity index (χ0) is 11.0. The third kappa shape index (κ3) is 1.85. The number of rotatable bonds is 2. The Hall–Kier alpha value is -0.940. The molecule has 5 heteroatoms. The Kier molecular flexibility index (Phi) is 2.65. The van der Waals surface area contributed by atoms with Crippen LogP contribution in [0.25, 0.3) is 0 Å². The van der Waals surface area contributed by atoms with Crippen LogP contribution in [0.4, 0.5) is 5.13 Å². The maximum atomic E-state index is 11.8. The number of aryl methyl sites for hydroxylation is 2. The smallest absolute Gasteiger partial charge is 0.243 e. The van der Waals surface area contributed by atoms with Gasteiger partial charge >= 0.3 is 0 Å². The Morgan fingerprint density at radius 2 is 2.38 bits per heavy atom. The Balaban J connectivity index is 1.67. The molecule has 0 radical (unpaired) electrons. The first-order valence-electron chi connectivity index (χ1n) is 5.86. The lowest BCUT2D eigenvalue weighted by Gasteiger charge is -2.08. The topological polar surface area (TPSA) is 54.0 Å². The summed E-state index contributed by atoms with van der Waals surface area (Å²) < 4.78 is 0. The van der Waals surface area contributed by atoms with Crippen molar-refractivity contribution < 1.29 is 4.79 Å². The van der Waals surface area contributed by atoms with Crippen LogP contribution in [0.1, 0.15) is 29.8 Å². The van der Waals surface area contributed by atoms with Gasteiger partial charge in [-0.05, 0) is 38.6 Å². The molecule has 0 aromatic carbocycles. The molecule has 1 aliphatic heterocycles. The monoisotopic (exact) mass is 237 g/mol. The average molecular weight is 237 g/mol. The third-order valence-corrected chi connectivity index (χ3v) is 4.28. The van der Waals surface area contributed by atoms with Gasteiger partial charge in [-0.2, -0.15) is 0 Å².